The first-order valence-electron chi connectivity index (χ1n) is 7.55. The van der Waals surface area contributed by atoms with E-state index in [-0.39, 0.29) is 5.56 Å². The van der Waals surface area contributed by atoms with E-state index < -0.39 is 0 Å². The number of pyridine rings is 1. The summed E-state index contributed by atoms with van der Waals surface area (Å²) in [6.07, 6.45) is 0. The van der Waals surface area contributed by atoms with Crippen molar-refractivity contribution < 1.29 is 0 Å². The van der Waals surface area contributed by atoms with Crippen molar-refractivity contribution >= 4 is 27.1 Å². The number of rotatable bonds is 1. The molecule has 23 heavy (non-hydrogen) atoms. The van der Waals surface area contributed by atoms with Crippen LogP contribution in [0.4, 0.5) is 0 Å². The Morgan fingerprint density at radius 1 is 0.783 bits per heavy atom. The molecule has 0 bridgehead atoms. The van der Waals surface area contributed by atoms with E-state index in [1.165, 1.54) is 4.52 Å². The summed E-state index contributed by atoms with van der Waals surface area (Å²) in [4.78, 5) is 12.8. The smallest absolute Gasteiger partial charge is 0.267 e. The van der Waals surface area contributed by atoms with Gasteiger partial charge in [-0.15, -0.1) is 0 Å². The maximum atomic E-state index is 12.8. The normalized spacial score (nSPS) is 11.7. The van der Waals surface area contributed by atoms with Crippen LogP contribution in [0.15, 0.2) is 77.6 Å². The average Bonchev–Trinajstić information content (AvgIpc) is 3.06. The lowest BCUT2D eigenvalue weighted by atomic mass is 10.0. The Balaban J connectivity index is 2.00. The zero-order valence-corrected chi connectivity index (χ0v) is 12.2. The van der Waals surface area contributed by atoms with Crippen molar-refractivity contribution in [2.24, 2.45) is 0 Å². The number of hydrogen-bond donors (Lipinski definition) is 0. The molecule has 0 aliphatic rings. The lowest BCUT2D eigenvalue weighted by molar-refractivity contribution is 0.939. The van der Waals surface area contributed by atoms with Gasteiger partial charge in [0.05, 0.1) is 16.6 Å². The maximum Gasteiger partial charge on any atom is 0.279 e. The van der Waals surface area contributed by atoms with Gasteiger partial charge in [-0.1, -0.05) is 60.7 Å². The Morgan fingerprint density at radius 2 is 1.52 bits per heavy atom. The van der Waals surface area contributed by atoms with E-state index >= 15 is 0 Å². The average molecular weight is 296 g/mol. The van der Waals surface area contributed by atoms with Crippen LogP contribution in [0.3, 0.4) is 0 Å². The van der Waals surface area contributed by atoms with Crippen molar-refractivity contribution in [1.29, 1.82) is 0 Å². The van der Waals surface area contributed by atoms with Gasteiger partial charge < -0.3 is 0 Å². The van der Waals surface area contributed by atoms with Gasteiger partial charge in [0.25, 0.3) is 5.56 Å². The summed E-state index contributed by atoms with van der Waals surface area (Å²) in [5.74, 6) is 0. The standard InChI is InChI=1S/C20H12N2O/c23-20-16-11-5-9-14-8-4-10-15(19(14)16)18-12-17(21-22(18)20)13-6-2-1-3-7-13/h1-12H. The van der Waals surface area contributed by atoms with Crippen LogP contribution in [0, 0.1) is 0 Å². The Kier molecular flexibility index (Phi) is 2.36. The van der Waals surface area contributed by atoms with Gasteiger partial charge in [-0.05, 0) is 17.5 Å². The van der Waals surface area contributed by atoms with Crippen LogP contribution in [0.1, 0.15) is 0 Å². The summed E-state index contributed by atoms with van der Waals surface area (Å²) in [5, 5.41) is 8.44. The van der Waals surface area contributed by atoms with Crippen molar-refractivity contribution in [3.05, 3.63) is 83.2 Å². The highest BCUT2D eigenvalue weighted by molar-refractivity contribution is 6.15. The van der Waals surface area contributed by atoms with Crippen LogP contribution in [0.2, 0.25) is 0 Å². The Labute approximate surface area is 131 Å². The second kappa shape index (κ2) is 4.40. The van der Waals surface area contributed by atoms with E-state index in [1.807, 2.05) is 66.7 Å². The predicted molar refractivity (Wildman–Crippen MR) is 93.1 cm³/mol. The Hall–Kier alpha value is -3.20. The molecular weight excluding hydrogens is 284 g/mol. The quantitative estimate of drug-likeness (QED) is 0.466. The molecule has 5 rings (SSSR count). The van der Waals surface area contributed by atoms with E-state index in [9.17, 15) is 4.79 Å². The molecule has 0 saturated carbocycles. The molecule has 0 aliphatic carbocycles. The van der Waals surface area contributed by atoms with Crippen LogP contribution in [-0.4, -0.2) is 9.61 Å². The zero-order valence-electron chi connectivity index (χ0n) is 12.2. The van der Waals surface area contributed by atoms with Crippen LogP contribution in [0.25, 0.3) is 38.3 Å². The minimum absolute atomic E-state index is 0.0634. The third-order valence-electron chi connectivity index (χ3n) is 4.38. The molecule has 2 heterocycles. The van der Waals surface area contributed by atoms with Crippen LogP contribution in [-0.2, 0) is 0 Å². The fraction of sp³-hybridized carbons (Fsp3) is 0. The van der Waals surface area contributed by atoms with Crippen molar-refractivity contribution in [2.75, 3.05) is 0 Å². The molecule has 0 fully saturated rings. The molecule has 0 spiro atoms. The van der Waals surface area contributed by atoms with Gasteiger partial charge in [0.1, 0.15) is 0 Å². The monoisotopic (exact) mass is 296 g/mol. The van der Waals surface area contributed by atoms with Crippen molar-refractivity contribution in [1.82, 2.24) is 9.61 Å². The highest BCUT2D eigenvalue weighted by atomic mass is 16.1. The highest BCUT2D eigenvalue weighted by Gasteiger charge is 2.14. The van der Waals surface area contributed by atoms with Gasteiger partial charge in [-0.2, -0.15) is 9.61 Å². The SMILES string of the molecule is O=c1c2cccc3cccc(c32)c2cc(-c3ccccc3)nn12. The molecule has 0 saturated heterocycles. The van der Waals surface area contributed by atoms with Gasteiger partial charge in [0, 0.05) is 16.3 Å². The number of fused-ring (bicyclic) bond motifs is 2. The van der Waals surface area contributed by atoms with Crippen molar-refractivity contribution in [3.8, 4) is 11.3 Å². The van der Waals surface area contributed by atoms with E-state index in [4.69, 9.17) is 0 Å². The van der Waals surface area contributed by atoms with Crippen LogP contribution < -0.4 is 5.56 Å². The molecule has 0 N–H and O–H groups in total. The molecule has 108 valence electrons. The lowest BCUT2D eigenvalue weighted by Gasteiger charge is -2.05. The summed E-state index contributed by atoms with van der Waals surface area (Å²) in [6.45, 7) is 0. The number of aromatic nitrogens is 2. The first-order chi connectivity index (χ1) is 11.3. The molecule has 3 aromatic carbocycles. The molecule has 0 unspecified atom stereocenters. The van der Waals surface area contributed by atoms with E-state index in [0.29, 0.717) is 5.39 Å². The number of nitrogens with zero attached hydrogens (tertiary/aromatic N) is 2. The molecule has 0 amide bonds. The van der Waals surface area contributed by atoms with Crippen LogP contribution in [0.5, 0.6) is 0 Å². The highest BCUT2D eigenvalue weighted by Crippen LogP contribution is 2.29. The predicted octanol–water partition coefficient (Wildman–Crippen LogP) is 4.11. The third-order valence-corrected chi connectivity index (χ3v) is 4.38. The molecule has 0 atom stereocenters. The van der Waals surface area contributed by atoms with Gasteiger partial charge in [-0.3, -0.25) is 4.79 Å². The molecule has 0 aliphatic heterocycles. The second-order valence-corrected chi connectivity index (χ2v) is 5.71. The van der Waals surface area contributed by atoms with Gasteiger partial charge in [0.15, 0.2) is 0 Å². The molecule has 3 heteroatoms. The summed E-state index contributed by atoms with van der Waals surface area (Å²) in [7, 11) is 0. The van der Waals surface area contributed by atoms with E-state index in [0.717, 1.165) is 32.9 Å². The summed E-state index contributed by atoms with van der Waals surface area (Å²) in [6, 6.07) is 23.9. The van der Waals surface area contributed by atoms with Gasteiger partial charge >= 0.3 is 0 Å². The molecule has 2 aromatic heterocycles. The van der Waals surface area contributed by atoms with Gasteiger partial charge in [-0.25, -0.2) is 0 Å². The number of benzene rings is 3. The minimum atomic E-state index is -0.0634. The summed E-state index contributed by atoms with van der Waals surface area (Å²) < 4.78 is 1.53. The second-order valence-electron chi connectivity index (χ2n) is 5.71. The van der Waals surface area contributed by atoms with Crippen LogP contribution >= 0.6 is 0 Å². The third kappa shape index (κ3) is 1.64. The first kappa shape index (κ1) is 12.4. The molecule has 0 radical (unpaired) electrons. The minimum Gasteiger partial charge on any atom is -0.267 e. The van der Waals surface area contributed by atoms with Crippen molar-refractivity contribution in [3.63, 3.8) is 0 Å². The molecule has 5 aromatic rings. The Bertz CT molecular complexity index is 1220. The van der Waals surface area contributed by atoms with Crippen molar-refractivity contribution in [2.45, 2.75) is 0 Å². The largest absolute Gasteiger partial charge is 0.279 e. The topological polar surface area (TPSA) is 34.4 Å². The van der Waals surface area contributed by atoms with E-state index in [1.54, 1.807) is 0 Å². The lowest BCUT2D eigenvalue weighted by Crippen LogP contribution is -2.14. The maximum absolute atomic E-state index is 12.8. The number of hydrogen-bond acceptors (Lipinski definition) is 2. The molecule has 3 nitrogen and oxygen atoms in total. The molecular formula is C20H12N2O. The first-order valence-corrected chi connectivity index (χ1v) is 7.55. The van der Waals surface area contributed by atoms with Gasteiger partial charge in [0.2, 0.25) is 0 Å². The zero-order chi connectivity index (χ0) is 15.4. The fourth-order valence-electron chi connectivity index (χ4n) is 3.32. The summed E-state index contributed by atoms with van der Waals surface area (Å²) >= 11 is 0. The summed E-state index contributed by atoms with van der Waals surface area (Å²) in [5.41, 5.74) is 2.63. The fourth-order valence-corrected chi connectivity index (χ4v) is 3.32. The van der Waals surface area contributed by atoms with E-state index in [2.05, 4.69) is 11.2 Å². The Morgan fingerprint density at radius 3 is 2.30 bits per heavy atom.